The molecule has 0 aromatic heterocycles. The van der Waals surface area contributed by atoms with Gasteiger partial charge in [-0.3, -0.25) is 4.79 Å². The minimum atomic E-state index is -0.887. The minimum absolute atomic E-state index is 0.376. The fourth-order valence-corrected chi connectivity index (χ4v) is 1.92. The molecule has 1 heterocycles. The molecule has 1 saturated heterocycles. The van der Waals surface area contributed by atoms with Gasteiger partial charge in [0.1, 0.15) is 5.54 Å². The second-order valence-corrected chi connectivity index (χ2v) is 4.42. The Hall–Kier alpha value is -1.88. The van der Waals surface area contributed by atoms with Crippen LogP contribution in [0.3, 0.4) is 0 Å². The summed E-state index contributed by atoms with van der Waals surface area (Å²) in [5.74, 6) is 4.96. The van der Waals surface area contributed by atoms with Crippen LogP contribution in [0.5, 0.6) is 0 Å². The Balaban J connectivity index is 2.04. The topological polar surface area (TPSA) is 75.4 Å². The highest BCUT2D eigenvalue weighted by Crippen LogP contribution is 2.21. The molecule has 0 unspecified atom stereocenters. The summed E-state index contributed by atoms with van der Waals surface area (Å²) in [6.45, 7) is 1.70. The van der Waals surface area contributed by atoms with Gasteiger partial charge in [-0.2, -0.15) is 5.01 Å². The van der Waals surface area contributed by atoms with E-state index in [4.69, 9.17) is 5.84 Å². The van der Waals surface area contributed by atoms with Crippen LogP contribution in [0.15, 0.2) is 30.3 Å². The molecule has 5 heteroatoms. The van der Waals surface area contributed by atoms with Gasteiger partial charge in [0, 0.05) is 0 Å². The average molecular weight is 233 g/mol. The molecule has 17 heavy (non-hydrogen) atoms. The number of nitrogens with zero attached hydrogens (tertiary/aromatic N) is 1. The van der Waals surface area contributed by atoms with Gasteiger partial charge in [0.2, 0.25) is 0 Å². The van der Waals surface area contributed by atoms with Crippen molar-refractivity contribution in [2.24, 2.45) is 5.84 Å². The highest BCUT2D eigenvalue weighted by Gasteiger charge is 2.46. The van der Waals surface area contributed by atoms with Gasteiger partial charge >= 0.3 is 6.03 Å². The number of carbonyl (C=O) groups is 2. The number of nitrogens with two attached hydrogens (primary N) is 1. The van der Waals surface area contributed by atoms with E-state index in [1.807, 2.05) is 30.3 Å². The third-order valence-corrected chi connectivity index (χ3v) is 3.05. The molecule has 3 amide bonds. The van der Waals surface area contributed by atoms with E-state index in [9.17, 15) is 9.59 Å². The van der Waals surface area contributed by atoms with Crippen LogP contribution in [0.25, 0.3) is 0 Å². The van der Waals surface area contributed by atoms with Crippen molar-refractivity contribution in [1.29, 1.82) is 0 Å². The van der Waals surface area contributed by atoms with Gasteiger partial charge in [-0.25, -0.2) is 10.6 Å². The van der Waals surface area contributed by atoms with Crippen LogP contribution in [-0.4, -0.2) is 22.5 Å². The van der Waals surface area contributed by atoms with E-state index in [1.165, 1.54) is 0 Å². The normalized spacial score (nSPS) is 24.0. The highest BCUT2D eigenvalue weighted by molar-refractivity contribution is 6.06. The molecule has 0 saturated carbocycles. The van der Waals surface area contributed by atoms with Crippen molar-refractivity contribution >= 4 is 11.9 Å². The van der Waals surface area contributed by atoms with Crippen LogP contribution in [0.4, 0.5) is 4.79 Å². The Bertz CT molecular complexity index is 446. The molecule has 0 aliphatic carbocycles. The maximum absolute atomic E-state index is 11.8. The minimum Gasteiger partial charge on any atom is -0.322 e. The second-order valence-electron chi connectivity index (χ2n) is 4.42. The van der Waals surface area contributed by atoms with Crippen molar-refractivity contribution in [3.8, 4) is 0 Å². The summed E-state index contributed by atoms with van der Waals surface area (Å²) in [5, 5.41) is 3.26. The summed E-state index contributed by atoms with van der Waals surface area (Å²) in [7, 11) is 0. The number of hydrogen-bond acceptors (Lipinski definition) is 3. The van der Waals surface area contributed by atoms with Gasteiger partial charge in [0.05, 0.1) is 0 Å². The standard InChI is InChI=1S/C12H15N3O2/c1-12(10(16)15(13)11(17)14-12)8-7-9-5-3-2-4-6-9/h2-6H,7-8,13H2,1H3,(H,14,17)/t12-/m1/s1. The predicted octanol–water partition coefficient (Wildman–Crippen LogP) is 0.803. The molecule has 0 radical (unpaired) electrons. The molecule has 1 aliphatic rings. The summed E-state index contributed by atoms with van der Waals surface area (Å²) in [4.78, 5) is 23.1. The SMILES string of the molecule is C[C@]1(CCc2ccccc2)NC(=O)N(N)C1=O. The number of urea groups is 1. The Morgan fingerprint density at radius 3 is 2.47 bits per heavy atom. The maximum atomic E-state index is 11.8. The Labute approximate surface area is 99.6 Å². The zero-order valence-corrected chi connectivity index (χ0v) is 9.64. The number of hydrogen-bond donors (Lipinski definition) is 2. The van der Waals surface area contributed by atoms with Gasteiger partial charge < -0.3 is 5.32 Å². The van der Waals surface area contributed by atoms with E-state index < -0.39 is 11.6 Å². The summed E-state index contributed by atoms with van der Waals surface area (Å²) >= 11 is 0. The van der Waals surface area contributed by atoms with Crippen LogP contribution < -0.4 is 11.2 Å². The number of hydrazine groups is 1. The first-order valence-corrected chi connectivity index (χ1v) is 5.48. The van der Waals surface area contributed by atoms with Gasteiger partial charge in [-0.1, -0.05) is 30.3 Å². The second kappa shape index (κ2) is 4.18. The molecule has 1 aromatic rings. The van der Waals surface area contributed by atoms with Crippen molar-refractivity contribution in [3.05, 3.63) is 35.9 Å². The average Bonchev–Trinajstić information content (AvgIpc) is 2.53. The van der Waals surface area contributed by atoms with Gasteiger partial charge in [0.25, 0.3) is 5.91 Å². The fraction of sp³-hybridized carbons (Fsp3) is 0.333. The van der Waals surface area contributed by atoms with Crippen LogP contribution in [0.1, 0.15) is 18.9 Å². The summed E-state index contributed by atoms with van der Waals surface area (Å²) in [6, 6.07) is 9.28. The van der Waals surface area contributed by atoms with Gasteiger partial charge in [-0.15, -0.1) is 0 Å². The zero-order chi connectivity index (χ0) is 12.5. The Morgan fingerprint density at radius 1 is 1.29 bits per heavy atom. The van der Waals surface area contributed by atoms with E-state index >= 15 is 0 Å². The monoisotopic (exact) mass is 233 g/mol. The predicted molar refractivity (Wildman–Crippen MR) is 62.7 cm³/mol. The summed E-state index contributed by atoms with van der Waals surface area (Å²) < 4.78 is 0. The van der Waals surface area contributed by atoms with Gasteiger partial charge in [0.15, 0.2) is 0 Å². The summed E-state index contributed by atoms with van der Waals surface area (Å²) in [6.07, 6.45) is 1.26. The van der Waals surface area contributed by atoms with Crippen molar-refractivity contribution < 1.29 is 9.59 Å². The van der Waals surface area contributed by atoms with E-state index in [2.05, 4.69) is 5.32 Å². The number of amides is 3. The quantitative estimate of drug-likeness (QED) is 0.460. The molecule has 1 fully saturated rings. The number of nitrogens with one attached hydrogen (secondary N) is 1. The van der Waals surface area contributed by atoms with Crippen LogP contribution in [0.2, 0.25) is 0 Å². The molecule has 90 valence electrons. The molecule has 1 aliphatic heterocycles. The van der Waals surface area contributed by atoms with E-state index in [1.54, 1.807) is 6.92 Å². The molecule has 0 bridgehead atoms. The fourth-order valence-electron chi connectivity index (χ4n) is 1.92. The van der Waals surface area contributed by atoms with Crippen molar-refractivity contribution in [2.45, 2.75) is 25.3 Å². The number of rotatable bonds is 3. The highest BCUT2D eigenvalue weighted by atomic mass is 16.2. The summed E-state index contributed by atoms with van der Waals surface area (Å²) in [5.41, 5.74) is 0.244. The molecule has 5 nitrogen and oxygen atoms in total. The van der Waals surface area contributed by atoms with Crippen LogP contribution >= 0.6 is 0 Å². The third-order valence-electron chi connectivity index (χ3n) is 3.05. The lowest BCUT2D eigenvalue weighted by Gasteiger charge is -2.20. The van der Waals surface area contributed by atoms with Crippen molar-refractivity contribution in [3.63, 3.8) is 0 Å². The number of aryl methyl sites for hydroxylation is 1. The molecule has 2 rings (SSSR count). The first kappa shape index (κ1) is 11.6. The lowest BCUT2D eigenvalue weighted by molar-refractivity contribution is -0.131. The van der Waals surface area contributed by atoms with Crippen molar-refractivity contribution in [2.75, 3.05) is 0 Å². The molecule has 1 atom stereocenters. The van der Waals surface area contributed by atoms with E-state index in [0.717, 1.165) is 12.0 Å². The molecule has 1 aromatic carbocycles. The smallest absolute Gasteiger partial charge is 0.322 e. The number of benzene rings is 1. The van der Waals surface area contributed by atoms with Crippen LogP contribution in [0, 0.1) is 0 Å². The van der Waals surface area contributed by atoms with E-state index in [0.29, 0.717) is 11.4 Å². The van der Waals surface area contributed by atoms with Crippen molar-refractivity contribution in [1.82, 2.24) is 10.3 Å². The number of carbonyl (C=O) groups excluding carboxylic acids is 2. The molecule has 3 N–H and O–H groups in total. The zero-order valence-electron chi connectivity index (χ0n) is 9.64. The third kappa shape index (κ3) is 2.14. The number of imide groups is 1. The maximum Gasteiger partial charge on any atom is 0.339 e. The largest absolute Gasteiger partial charge is 0.339 e. The van der Waals surface area contributed by atoms with E-state index in [-0.39, 0.29) is 5.91 Å². The lowest BCUT2D eigenvalue weighted by Crippen LogP contribution is -2.45. The first-order valence-electron chi connectivity index (χ1n) is 5.48. The van der Waals surface area contributed by atoms with Gasteiger partial charge in [-0.05, 0) is 25.3 Å². The first-order chi connectivity index (χ1) is 8.03. The van der Waals surface area contributed by atoms with Crippen LogP contribution in [-0.2, 0) is 11.2 Å². The molecular weight excluding hydrogens is 218 g/mol. The Morgan fingerprint density at radius 2 is 1.94 bits per heavy atom. The Kier molecular flexibility index (Phi) is 2.85. The molecular formula is C12H15N3O2. The molecule has 0 spiro atoms. The lowest BCUT2D eigenvalue weighted by atomic mass is 9.93.